The topological polar surface area (TPSA) is 58.6 Å². The van der Waals surface area contributed by atoms with Gasteiger partial charge in [0.2, 0.25) is 11.8 Å². The lowest BCUT2D eigenvalue weighted by Crippen LogP contribution is -2.34. The fraction of sp³-hybridized carbons (Fsp3) is 0.600. The molecule has 1 saturated heterocycles. The summed E-state index contributed by atoms with van der Waals surface area (Å²) < 4.78 is 5.57. The number of hydrogen-bond acceptors (Lipinski definition) is 3. The molecule has 2 amide bonds. The Morgan fingerprint density at radius 2 is 2.12 bits per heavy atom. The number of carbonyl (C=O) groups is 2. The van der Waals surface area contributed by atoms with Crippen molar-refractivity contribution in [1.82, 2.24) is 5.32 Å². The molecule has 1 saturated carbocycles. The fourth-order valence-corrected chi connectivity index (χ4v) is 3.25. The molecule has 136 valence electrons. The maximum absolute atomic E-state index is 12.4. The lowest BCUT2D eigenvalue weighted by molar-refractivity contribution is -0.126. The zero-order valence-electron chi connectivity index (χ0n) is 15.0. The highest BCUT2D eigenvalue weighted by Gasteiger charge is 2.35. The summed E-state index contributed by atoms with van der Waals surface area (Å²) in [6.07, 6.45) is 4.58. The van der Waals surface area contributed by atoms with Crippen LogP contribution in [0.4, 0.5) is 5.69 Å². The molecule has 2 fully saturated rings. The molecule has 0 bridgehead atoms. The first-order valence-corrected chi connectivity index (χ1v) is 9.42. The van der Waals surface area contributed by atoms with E-state index in [1.807, 2.05) is 24.3 Å². The summed E-state index contributed by atoms with van der Waals surface area (Å²) in [5, 5.41) is 2.95. The van der Waals surface area contributed by atoms with Gasteiger partial charge in [-0.25, -0.2) is 0 Å². The molecule has 1 aliphatic carbocycles. The van der Waals surface area contributed by atoms with Gasteiger partial charge in [-0.05, 0) is 43.2 Å². The van der Waals surface area contributed by atoms with Gasteiger partial charge in [0.1, 0.15) is 0 Å². The van der Waals surface area contributed by atoms with Gasteiger partial charge in [-0.15, -0.1) is 0 Å². The normalized spacial score (nSPS) is 20.1. The summed E-state index contributed by atoms with van der Waals surface area (Å²) in [6, 6.07) is 7.93. The molecule has 0 aromatic heterocycles. The second-order valence-electron chi connectivity index (χ2n) is 7.05. The molecule has 5 heteroatoms. The number of rotatable bonds is 9. The number of para-hydroxylation sites is 1. The average molecular weight is 344 g/mol. The third kappa shape index (κ3) is 4.82. The van der Waals surface area contributed by atoms with Crippen LogP contribution in [-0.4, -0.2) is 38.1 Å². The van der Waals surface area contributed by atoms with Crippen LogP contribution in [0.3, 0.4) is 0 Å². The van der Waals surface area contributed by atoms with E-state index in [2.05, 4.69) is 12.2 Å². The molecule has 1 aromatic rings. The average Bonchev–Trinajstić information content (AvgIpc) is 3.37. The third-order valence-electron chi connectivity index (χ3n) is 4.97. The molecule has 2 aliphatic rings. The largest absolute Gasteiger partial charge is 0.381 e. The monoisotopic (exact) mass is 344 g/mol. The van der Waals surface area contributed by atoms with E-state index in [0.717, 1.165) is 36.6 Å². The van der Waals surface area contributed by atoms with E-state index in [1.165, 1.54) is 12.8 Å². The molecule has 25 heavy (non-hydrogen) atoms. The first-order valence-electron chi connectivity index (χ1n) is 9.42. The Hall–Kier alpha value is -1.88. The summed E-state index contributed by atoms with van der Waals surface area (Å²) in [5.74, 6) is 0.529. The van der Waals surface area contributed by atoms with E-state index < -0.39 is 0 Å². The van der Waals surface area contributed by atoms with Crippen molar-refractivity contribution in [1.29, 1.82) is 0 Å². The molecule has 1 aromatic carbocycles. The molecule has 1 aliphatic heterocycles. The molecule has 5 nitrogen and oxygen atoms in total. The van der Waals surface area contributed by atoms with Crippen molar-refractivity contribution in [2.45, 2.75) is 39.0 Å². The number of hydrogen-bond donors (Lipinski definition) is 1. The smallest absolute Gasteiger partial charge is 0.227 e. The highest BCUT2D eigenvalue weighted by atomic mass is 16.5. The molecule has 1 N–H and O–H groups in total. The summed E-state index contributed by atoms with van der Waals surface area (Å²) >= 11 is 0. The van der Waals surface area contributed by atoms with Crippen LogP contribution >= 0.6 is 0 Å². The van der Waals surface area contributed by atoms with Crippen LogP contribution in [0, 0.1) is 11.8 Å². The van der Waals surface area contributed by atoms with Gasteiger partial charge >= 0.3 is 0 Å². The second kappa shape index (κ2) is 8.48. The van der Waals surface area contributed by atoms with E-state index in [9.17, 15) is 9.59 Å². The van der Waals surface area contributed by atoms with Crippen molar-refractivity contribution in [2.24, 2.45) is 11.8 Å². The minimum absolute atomic E-state index is 0.0213. The van der Waals surface area contributed by atoms with Crippen LogP contribution in [0.5, 0.6) is 0 Å². The quantitative estimate of drug-likeness (QED) is 0.700. The Bertz CT molecular complexity index is 613. The molecule has 1 atom stereocenters. The Labute approximate surface area is 149 Å². The number of benzene rings is 1. The zero-order valence-corrected chi connectivity index (χ0v) is 15.0. The highest BCUT2D eigenvalue weighted by molar-refractivity contribution is 6.00. The molecule has 1 heterocycles. The van der Waals surface area contributed by atoms with Crippen LogP contribution in [0.15, 0.2) is 24.3 Å². The van der Waals surface area contributed by atoms with Gasteiger partial charge in [-0.3, -0.25) is 9.59 Å². The van der Waals surface area contributed by atoms with Crippen molar-refractivity contribution in [2.75, 3.05) is 31.2 Å². The van der Waals surface area contributed by atoms with Crippen LogP contribution in [0.25, 0.3) is 0 Å². The third-order valence-corrected chi connectivity index (χ3v) is 4.97. The van der Waals surface area contributed by atoms with Crippen molar-refractivity contribution in [3.05, 3.63) is 29.8 Å². The van der Waals surface area contributed by atoms with Gasteiger partial charge < -0.3 is 15.0 Å². The Morgan fingerprint density at radius 1 is 1.32 bits per heavy atom. The number of carbonyl (C=O) groups excluding carboxylic acids is 2. The van der Waals surface area contributed by atoms with Crippen LogP contribution in [0.1, 0.15) is 38.2 Å². The highest BCUT2D eigenvalue weighted by Crippen LogP contribution is 2.29. The zero-order chi connectivity index (χ0) is 17.6. The van der Waals surface area contributed by atoms with Gasteiger partial charge in [0.15, 0.2) is 0 Å². The van der Waals surface area contributed by atoms with Crippen molar-refractivity contribution in [3.8, 4) is 0 Å². The van der Waals surface area contributed by atoms with E-state index in [-0.39, 0.29) is 17.7 Å². The van der Waals surface area contributed by atoms with Crippen molar-refractivity contribution in [3.63, 3.8) is 0 Å². The van der Waals surface area contributed by atoms with Crippen molar-refractivity contribution >= 4 is 17.5 Å². The standard InChI is InChI=1S/C20H28N2O3/c1-2-16-6-3-4-7-18(16)22-13-17(12-19(22)23)20(24)21-10-5-11-25-14-15-8-9-15/h3-4,6-7,15,17H,2,5,8-14H2,1H3,(H,21,24). The van der Waals surface area contributed by atoms with Gasteiger partial charge in [-0.2, -0.15) is 0 Å². The number of nitrogens with zero attached hydrogens (tertiary/aromatic N) is 1. The summed E-state index contributed by atoms with van der Waals surface area (Å²) in [5.41, 5.74) is 2.09. The van der Waals surface area contributed by atoms with Crippen LogP contribution in [-0.2, 0) is 20.7 Å². The molecular formula is C20H28N2O3. The van der Waals surface area contributed by atoms with E-state index in [4.69, 9.17) is 4.74 Å². The van der Waals surface area contributed by atoms with Crippen LogP contribution < -0.4 is 10.2 Å². The molecule has 3 rings (SSSR count). The molecule has 0 radical (unpaired) electrons. The Kier molecular flexibility index (Phi) is 6.08. The summed E-state index contributed by atoms with van der Waals surface area (Å²) in [4.78, 5) is 26.5. The Morgan fingerprint density at radius 3 is 2.88 bits per heavy atom. The summed E-state index contributed by atoms with van der Waals surface area (Å²) in [6.45, 7) is 4.71. The SMILES string of the molecule is CCc1ccccc1N1CC(C(=O)NCCCOCC2CC2)CC1=O. The second-order valence-corrected chi connectivity index (χ2v) is 7.05. The predicted octanol–water partition coefficient (Wildman–Crippen LogP) is 2.53. The Balaban J connectivity index is 1.43. The van der Waals surface area contributed by atoms with Gasteiger partial charge in [0.05, 0.1) is 5.92 Å². The maximum atomic E-state index is 12.4. The number of amides is 2. The molecule has 0 spiro atoms. The maximum Gasteiger partial charge on any atom is 0.227 e. The number of ether oxygens (including phenoxy) is 1. The van der Waals surface area contributed by atoms with E-state index >= 15 is 0 Å². The first-order chi connectivity index (χ1) is 12.2. The number of nitrogens with one attached hydrogen (secondary N) is 1. The lowest BCUT2D eigenvalue weighted by atomic mass is 10.1. The van der Waals surface area contributed by atoms with Crippen LogP contribution in [0.2, 0.25) is 0 Å². The number of aryl methyl sites for hydroxylation is 1. The lowest BCUT2D eigenvalue weighted by Gasteiger charge is -2.20. The van der Waals surface area contributed by atoms with Gasteiger partial charge in [-0.1, -0.05) is 25.1 Å². The minimum Gasteiger partial charge on any atom is -0.381 e. The van der Waals surface area contributed by atoms with Crippen molar-refractivity contribution < 1.29 is 14.3 Å². The van der Waals surface area contributed by atoms with E-state index in [1.54, 1.807) is 4.90 Å². The van der Waals surface area contributed by atoms with E-state index in [0.29, 0.717) is 26.1 Å². The minimum atomic E-state index is -0.259. The van der Waals surface area contributed by atoms with Gasteiger partial charge in [0, 0.05) is 38.4 Å². The fourth-order valence-electron chi connectivity index (χ4n) is 3.25. The van der Waals surface area contributed by atoms with Gasteiger partial charge in [0.25, 0.3) is 0 Å². The predicted molar refractivity (Wildman–Crippen MR) is 97.4 cm³/mol. The summed E-state index contributed by atoms with van der Waals surface area (Å²) in [7, 11) is 0. The molecule has 1 unspecified atom stereocenters. The number of anilines is 1. The molecular weight excluding hydrogens is 316 g/mol. The first kappa shape index (κ1) is 17.9.